The second-order valence-corrected chi connectivity index (χ2v) is 7.58. The van der Waals surface area contributed by atoms with Crippen LogP contribution in [0.4, 0.5) is 0 Å². The monoisotopic (exact) mass is 360 g/mol. The fourth-order valence-corrected chi connectivity index (χ4v) is 3.91. The predicted octanol–water partition coefficient (Wildman–Crippen LogP) is 3.73. The molecule has 8 heteroatoms. The lowest BCUT2D eigenvalue weighted by atomic mass is 10.2. The summed E-state index contributed by atoms with van der Waals surface area (Å²) in [6.07, 6.45) is 2.27. The molecule has 7 nitrogen and oxygen atoms in total. The highest BCUT2D eigenvalue weighted by Crippen LogP contribution is 2.61. The molecule has 1 aromatic carbocycles. The third-order valence-corrected chi connectivity index (χ3v) is 5.92. The van der Waals surface area contributed by atoms with Crippen molar-refractivity contribution in [1.29, 1.82) is 0 Å². The second-order valence-electron chi connectivity index (χ2n) is 5.30. The third-order valence-electron chi connectivity index (χ3n) is 3.91. The van der Waals surface area contributed by atoms with Gasteiger partial charge in [0.2, 0.25) is 0 Å². The summed E-state index contributed by atoms with van der Waals surface area (Å²) in [6.45, 7) is 0.619. The second kappa shape index (κ2) is 8.83. The van der Waals surface area contributed by atoms with Crippen molar-refractivity contribution in [3.05, 3.63) is 23.8 Å². The molecule has 2 unspecified atom stereocenters. The van der Waals surface area contributed by atoms with Crippen LogP contribution in [0.3, 0.4) is 0 Å². The van der Waals surface area contributed by atoms with E-state index in [0.29, 0.717) is 23.7 Å². The molecule has 136 valence electrons. The molecule has 0 bridgehead atoms. The highest BCUT2D eigenvalue weighted by molar-refractivity contribution is 7.54. The summed E-state index contributed by atoms with van der Waals surface area (Å²) in [6, 6.07) is 5.18. The van der Waals surface area contributed by atoms with Gasteiger partial charge in [0.05, 0.1) is 14.2 Å². The Balaban J connectivity index is 2.35. The third kappa shape index (κ3) is 4.29. The smallest absolute Gasteiger partial charge is 0.363 e. The first-order valence-electron chi connectivity index (χ1n) is 7.78. The minimum absolute atomic E-state index is 0.449. The van der Waals surface area contributed by atoms with Crippen LogP contribution in [0.15, 0.2) is 18.2 Å². The first-order chi connectivity index (χ1) is 11.6. The van der Waals surface area contributed by atoms with E-state index < -0.39 is 19.7 Å². The van der Waals surface area contributed by atoms with Gasteiger partial charge in [-0.15, -0.1) is 0 Å². The van der Waals surface area contributed by atoms with E-state index in [1.165, 1.54) is 21.3 Å². The van der Waals surface area contributed by atoms with E-state index in [2.05, 4.69) is 0 Å². The molecule has 0 spiro atoms. The molecule has 1 aromatic rings. The minimum Gasteiger partial charge on any atom is -0.493 e. The van der Waals surface area contributed by atoms with Gasteiger partial charge in [0.1, 0.15) is 0 Å². The van der Waals surface area contributed by atoms with Crippen molar-refractivity contribution in [1.82, 2.24) is 0 Å². The molecule has 0 aliphatic carbocycles. The molecule has 0 saturated carbocycles. The Hall–Kier alpha value is -1.11. The summed E-state index contributed by atoms with van der Waals surface area (Å²) in [7, 11) is 2.23. The molecule has 1 heterocycles. The van der Waals surface area contributed by atoms with Gasteiger partial charge >= 0.3 is 7.60 Å². The van der Waals surface area contributed by atoms with Crippen molar-refractivity contribution in [2.24, 2.45) is 0 Å². The number of ether oxygens (including phenoxy) is 4. The molecule has 0 aromatic heterocycles. The average molecular weight is 360 g/mol. The molecular formula is C16H25O7P. The van der Waals surface area contributed by atoms with Crippen LogP contribution in [0, 0.1) is 0 Å². The van der Waals surface area contributed by atoms with Gasteiger partial charge in [-0.05, 0) is 37.0 Å². The molecule has 0 N–H and O–H groups in total. The van der Waals surface area contributed by atoms with E-state index in [-0.39, 0.29) is 0 Å². The van der Waals surface area contributed by atoms with Crippen LogP contribution in [0.2, 0.25) is 0 Å². The fraction of sp³-hybridized carbons (Fsp3) is 0.625. The van der Waals surface area contributed by atoms with Crippen LogP contribution in [0.1, 0.15) is 30.7 Å². The van der Waals surface area contributed by atoms with Gasteiger partial charge in [0.25, 0.3) is 0 Å². The summed E-state index contributed by atoms with van der Waals surface area (Å²) in [4.78, 5) is 0. The van der Waals surface area contributed by atoms with E-state index in [0.717, 1.165) is 19.3 Å². The van der Waals surface area contributed by atoms with Crippen molar-refractivity contribution in [3.8, 4) is 11.5 Å². The summed E-state index contributed by atoms with van der Waals surface area (Å²) < 4.78 is 45.4. The van der Waals surface area contributed by atoms with Crippen molar-refractivity contribution >= 4 is 7.60 Å². The Kier molecular flexibility index (Phi) is 7.07. The highest BCUT2D eigenvalue weighted by Gasteiger charge is 2.39. The van der Waals surface area contributed by atoms with Crippen LogP contribution >= 0.6 is 7.60 Å². The molecule has 2 rings (SSSR count). The zero-order valence-corrected chi connectivity index (χ0v) is 15.4. The van der Waals surface area contributed by atoms with E-state index in [1.807, 2.05) is 0 Å². The van der Waals surface area contributed by atoms with Crippen molar-refractivity contribution in [2.75, 3.05) is 35.0 Å². The number of hydrogen-bond donors (Lipinski definition) is 0. The van der Waals surface area contributed by atoms with E-state index in [9.17, 15) is 4.57 Å². The standard InChI is InChI=1S/C16H25O7P/c1-18-13-9-8-12(11-14(13)19-2)16(24(17,20-3)21-4)23-15-7-5-6-10-22-15/h8-9,11,15-16H,5-7,10H2,1-4H3. The molecule has 1 saturated heterocycles. The Morgan fingerprint density at radius 2 is 1.79 bits per heavy atom. The lowest BCUT2D eigenvalue weighted by molar-refractivity contribution is -0.176. The largest absolute Gasteiger partial charge is 0.493 e. The van der Waals surface area contributed by atoms with E-state index >= 15 is 0 Å². The topological polar surface area (TPSA) is 72.5 Å². The van der Waals surface area contributed by atoms with Crippen LogP contribution in [-0.4, -0.2) is 41.3 Å². The van der Waals surface area contributed by atoms with Crippen LogP contribution in [-0.2, 0) is 23.1 Å². The van der Waals surface area contributed by atoms with Crippen molar-refractivity contribution in [2.45, 2.75) is 31.4 Å². The maximum absolute atomic E-state index is 13.0. The Labute approximate surface area is 142 Å². The first-order valence-corrected chi connectivity index (χ1v) is 9.39. The average Bonchev–Trinajstić information content (AvgIpc) is 2.65. The molecule has 24 heavy (non-hydrogen) atoms. The maximum Gasteiger partial charge on any atom is 0.363 e. The SMILES string of the molecule is COc1ccc(C(OC2CCCCO2)P(=O)(OC)OC)cc1OC. The van der Waals surface area contributed by atoms with Crippen LogP contribution < -0.4 is 9.47 Å². The molecule has 1 aliphatic heterocycles. The molecule has 0 radical (unpaired) electrons. The quantitative estimate of drug-likeness (QED) is 0.654. The fourth-order valence-electron chi connectivity index (χ4n) is 2.57. The molecule has 1 aliphatic rings. The summed E-state index contributed by atoms with van der Waals surface area (Å²) in [5.74, 6) is 0.154. The lowest BCUT2D eigenvalue weighted by Crippen LogP contribution is -2.25. The predicted molar refractivity (Wildman–Crippen MR) is 88.6 cm³/mol. The van der Waals surface area contributed by atoms with Gasteiger partial charge in [0, 0.05) is 20.8 Å². The van der Waals surface area contributed by atoms with E-state index in [4.69, 9.17) is 28.0 Å². The number of methoxy groups -OCH3 is 2. The maximum atomic E-state index is 13.0. The van der Waals surface area contributed by atoms with Gasteiger partial charge in [-0.3, -0.25) is 4.57 Å². The van der Waals surface area contributed by atoms with E-state index in [1.54, 1.807) is 25.3 Å². The Morgan fingerprint density at radius 3 is 2.33 bits per heavy atom. The van der Waals surface area contributed by atoms with Gasteiger partial charge in [0.15, 0.2) is 23.6 Å². The molecule has 0 amide bonds. The van der Waals surface area contributed by atoms with Crippen LogP contribution in [0.25, 0.3) is 0 Å². The summed E-state index contributed by atoms with van der Waals surface area (Å²) in [5, 5.41) is 0. The van der Waals surface area contributed by atoms with Gasteiger partial charge in [-0.2, -0.15) is 0 Å². The highest BCUT2D eigenvalue weighted by atomic mass is 31.2. The molecule has 2 atom stereocenters. The van der Waals surface area contributed by atoms with Crippen LogP contribution in [0.5, 0.6) is 11.5 Å². The minimum atomic E-state index is -3.53. The first kappa shape index (κ1) is 19.2. The Bertz CT molecular complexity index is 564. The zero-order chi connectivity index (χ0) is 17.6. The number of rotatable bonds is 8. The lowest BCUT2D eigenvalue weighted by Gasteiger charge is -2.31. The summed E-state index contributed by atoms with van der Waals surface area (Å²) in [5.41, 5.74) is 0.605. The van der Waals surface area contributed by atoms with Gasteiger partial charge in [-0.25, -0.2) is 0 Å². The van der Waals surface area contributed by atoms with Crippen molar-refractivity contribution < 1.29 is 32.6 Å². The Morgan fingerprint density at radius 1 is 1.08 bits per heavy atom. The summed E-state index contributed by atoms with van der Waals surface area (Å²) >= 11 is 0. The normalized spacial score (nSPS) is 19.8. The number of benzene rings is 1. The molecule has 1 fully saturated rings. The van der Waals surface area contributed by atoms with Crippen molar-refractivity contribution in [3.63, 3.8) is 0 Å². The zero-order valence-electron chi connectivity index (χ0n) is 14.5. The van der Waals surface area contributed by atoms with Gasteiger partial charge in [-0.1, -0.05) is 6.07 Å². The number of hydrogen-bond acceptors (Lipinski definition) is 7. The molecular weight excluding hydrogens is 335 g/mol. The van der Waals surface area contributed by atoms with Gasteiger partial charge < -0.3 is 28.0 Å².